The van der Waals surface area contributed by atoms with Gasteiger partial charge in [0.2, 0.25) is 0 Å². The predicted octanol–water partition coefficient (Wildman–Crippen LogP) is 2.92. The molecule has 2 amide bonds. The quantitative estimate of drug-likeness (QED) is 0.607. The van der Waals surface area contributed by atoms with Crippen LogP contribution in [0.3, 0.4) is 0 Å². The monoisotopic (exact) mass is 395 g/mol. The maximum atomic E-state index is 12.8. The van der Waals surface area contributed by atoms with Crippen LogP contribution in [0.4, 0.5) is 0 Å². The number of ether oxygens (including phenoxy) is 1. The molecule has 0 spiro atoms. The second-order valence-corrected chi connectivity index (χ2v) is 6.43. The zero-order chi connectivity index (χ0) is 21.1. The molecule has 29 heavy (non-hydrogen) atoms. The van der Waals surface area contributed by atoms with Crippen molar-refractivity contribution >= 4 is 17.9 Å². The fourth-order valence-electron chi connectivity index (χ4n) is 2.77. The molecule has 0 saturated heterocycles. The minimum Gasteiger partial charge on any atom is -0.497 e. The maximum absolute atomic E-state index is 12.8. The highest BCUT2D eigenvalue weighted by atomic mass is 16.5. The number of hydrogen-bond donors (Lipinski definition) is 2. The molecule has 6 heteroatoms. The lowest BCUT2D eigenvalue weighted by Crippen LogP contribution is -2.39. The van der Waals surface area contributed by atoms with Crippen molar-refractivity contribution in [3.63, 3.8) is 0 Å². The van der Waals surface area contributed by atoms with Crippen LogP contribution in [0, 0.1) is 0 Å². The van der Waals surface area contributed by atoms with Crippen LogP contribution >= 0.6 is 0 Å². The molecule has 0 radical (unpaired) electrons. The van der Waals surface area contributed by atoms with E-state index in [1.807, 2.05) is 18.2 Å². The molecule has 0 bridgehead atoms. The van der Waals surface area contributed by atoms with Crippen LogP contribution in [-0.2, 0) is 4.79 Å². The predicted molar refractivity (Wildman–Crippen MR) is 116 cm³/mol. The fraction of sp³-hybridized carbons (Fsp3) is 0.304. The minimum atomic E-state index is -0.329. The van der Waals surface area contributed by atoms with Crippen LogP contribution in [0.5, 0.6) is 5.75 Å². The molecule has 0 saturated carbocycles. The summed E-state index contributed by atoms with van der Waals surface area (Å²) in [7, 11) is 1.60. The lowest BCUT2D eigenvalue weighted by atomic mass is 10.1. The van der Waals surface area contributed by atoms with Crippen LogP contribution in [0.25, 0.3) is 6.08 Å². The molecular formula is C23H29N3O3. The van der Waals surface area contributed by atoms with Crippen molar-refractivity contribution < 1.29 is 14.3 Å². The number of benzene rings is 2. The van der Waals surface area contributed by atoms with Crippen molar-refractivity contribution in [2.75, 3.05) is 33.3 Å². The SMILES string of the molecule is CCN(CC)CCNC(=O)C(=Cc1ccc(OC)cc1)NC(=O)c1ccccc1. The molecule has 0 aliphatic carbocycles. The summed E-state index contributed by atoms with van der Waals surface area (Å²) in [4.78, 5) is 27.5. The Morgan fingerprint density at radius 1 is 1.00 bits per heavy atom. The van der Waals surface area contributed by atoms with E-state index in [-0.39, 0.29) is 17.5 Å². The van der Waals surface area contributed by atoms with E-state index in [2.05, 4.69) is 29.4 Å². The molecule has 0 unspecified atom stereocenters. The molecule has 2 rings (SSSR count). The van der Waals surface area contributed by atoms with Gasteiger partial charge in [0.05, 0.1) is 7.11 Å². The van der Waals surface area contributed by atoms with Crippen LogP contribution in [0.15, 0.2) is 60.3 Å². The molecule has 0 heterocycles. The Balaban J connectivity index is 2.16. The third-order valence-electron chi connectivity index (χ3n) is 4.56. The van der Waals surface area contributed by atoms with Gasteiger partial charge in [-0.2, -0.15) is 0 Å². The van der Waals surface area contributed by atoms with Crippen molar-refractivity contribution in [1.82, 2.24) is 15.5 Å². The van der Waals surface area contributed by atoms with E-state index in [4.69, 9.17) is 4.74 Å². The van der Waals surface area contributed by atoms with Gasteiger partial charge >= 0.3 is 0 Å². The van der Waals surface area contributed by atoms with Gasteiger partial charge in [-0.15, -0.1) is 0 Å². The second-order valence-electron chi connectivity index (χ2n) is 6.43. The van der Waals surface area contributed by atoms with Gasteiger partial charge in [0.25, 0.3) is 11.8 Å². The van der Waals surface area contributed by atoms with Gasteiger partial charge in [0.1, 0.15) is 11.4 Å². The molecule has 0 aliphatic rings. The fourth-order valence-corrected chi connectivity index (χ4v) is 2.77. The van der Waals surface area contributed by atoms with E-state index in [1.54, 1.807) is 49.6 Å². The smallest absolute Gasteiger partial charge is 0.267 e. The number of nitrogens with one attached hydrogen (secondary N) is 2. The topological polar surface area (TPSA) is 70.7 Å². The summed E-state index contributed by atoms with van der Waals surface area (Å²) >= 11 is 0. The molecule has 6 nitrogen and oxygen atoms in total. The number of rotatable bonds is 10. The Bertz CT molecular complexity index is 813. The van der Waals surface area contributed by atoms with Crippen molar-refractivity contribution in [1.29, 1.82) is 0 Å². The Morgan fingerprint density at radius 2 is 1.66 bits per heavy atom. The molecule has 0 atom stereocenters. The van der Waals surface area contributed by atoms with Gasteiger partial charge in [-0.3, -0.25) is 9.59 Å². The second kappa shape index (κ2) is 11.7. The number of methoxy groups -OCH3 is 1. The number of amides is 2. The standard InChI is InChI=1S/C23H29N3O3/c1-4-26(5-2)16-15-24-23(28)21(17-18-11-13-20(29-3)14-12-18)25-22(27)19-9-7-6-8-10-19/h6-14,17H,4-5,15-16H2,1-3H3,(H,24,28)(H,25,27). The molecule has 0 aliphatic heterocycles. The highest BCUT2D eigenvalue weighted by molar-refractivity contribution is 6.05. The van der Waals surface area contributed by atoms with Gasteiger partial charge in [0, 0.05) is 18.7 Å². The number of carbonyl (C=O) groups is 2. The van der Waals surface area contributed by atoms with E-state index in [1.165, 1.54) is 0 Å². The van der Waals surface area contributed by atoms with Crippen LogP contribution < -0.4 is 15.4 Å². The van der Waals surface area contributed by atoms with Gasteiger partial charge < -0.3 is 20.3 Å². The average molecular weight is 396 g/mol. The van der Waals surface area contributed by atoms with Crippen LogP contribution in [-0.4, -0.2) is 50.0 Å². The first-order valence-corrected chi connectivity index (χ1v) is 9.80. The summed E-state index contributed by atoms with van der Waals surface area (Å²) < 4.78 is 5.17. The van der Waals surface area contributed by atoms with Crippen molar-refractivity contribution in [2.45, 2.75) is 13.8 Å². The lowest BCUT2D eigenvalue weighted by Gasteiger charge is -2.18. The Morgan fingerprint density at radius 3 is 2.24 bits per heavy atom. The average Bonchev–Trinajstić information content (AvgIpc) is 2.77. The van der Waals surface area contributed by atoms with Crippen molar-refractivity contribution in [3.8, 4) is 5.75 Å². The molecule has 2 N–H and O–H groups in total. The van der Waals surface area contributed by atoms with Crippen molar-refractivity contribution in [3.05, 3.63) is 71.4 Å². The summed E-state index contributed by atoms with van der Waals surface area (Å²) in [6, 6.07) is 16.1. The van der Waals surface area contributed by atoms with Gasteiger partial charge in [-0.1, -0.05) is 44.2 Å². The molecular weight excluding hydrogens is 366 g/mol. The van der Waals surface area contributed by atoms with E-state index in [9.17, 15) is 9.59 Å². The number of hydrogen-bond acceptors (Lipinski definition) is 4. The highest BCUT2D eigenvalue weighted by Gasteiger charge is 2.14. The Hall–Kier alpha value is -3.12. The first-order valence-electron chi connectivity index (χ1n) is 9.80. The summed E-state index contributed by atoms with van der Waals surface area (Å²) in [5.41, 5.74) is 1.47. The Labute approximate surface area is 172 Å². The molecule has 0 aromatic heterocycles. The van der Waals surface area contributed by atoms with Crippen LogP contribution in [0.1, 0.15) is 29.8 Å². The molecule has 0 fully saturated rings. The minimum absolute atomic E-state index is 0.198. The third kappa shape index (κ3) is 7.08. The zero-order valence-electron chi connectivity index (χ0n) is 17.3. The van der Waals surface area contributed by atoms with E-state index in [0.29, 0.717) is 12.1 Å². The first kappa shape index (κ1) is 22.2. The Kier molecular flexibility index (Phi) is 8.92. The highest BCUT2D eigenvalue weighted by Crippen LogP contribution is 2.14. The summed E-state index contributed by atoms with van der Waals surface area (Å²) in [6.45, 7) is 7.26. The number of nitrogens with zero attached hydrogens (tertiary/aromatic N) is 1. The lowest BCUT2D eigenvalue weighted by molar-refractivity contribution is -0.117. The van der Waals surface area contributed by atoms with E-state index >= 15 is 0 Å². The van der Waals surface area contributed by atoms with Crippen molar-refractivity contribution in [2.24, 2.45) is 0 Å². The van der Waals surface area contributed by atoms with Gasteiger partial charge in [-0.25, -0.2) is 0 Å². The molecule has 2 aromatic rings. The summed E-state index contributed by atoms with van der Waals surface area (Å²) in [5.74, 6) is 0.0715. The van der Waals surface area contributed by atoms with Gasteiger partial charge in [-0.05, 0) is 49.0 Å². The molecule has 2 aromatic carbocycles. The third-order valence-corrected chi connectivity index (χ3v) is 4.56. The summed E-state index contributed by atoms with van der Waals surface area (Å²) in [6.07, 6.45) is 1.66. The van der Waals surface area contributed by atoms with E-state index in [0.717, 1.165) is 30.9 Å². The largest absolute Gasteiger partial charge is 0.497 e. The number of likely N-dealkylation sites (N-methyl/N-ethyl adjacent to an activating group) is 1. The first-order chi connectivity index (χ1) is 14.1. The zero-order valence-corrected chi connectivity index (χ0v) is 17.3. The maximum Gasteiger partial charge on any atom is 0.267 e. The van der Waals surface area contributed by atoms with E-state index < -0.39 is 0 Å². The van der Waals surface area contributed by atoms with Crippen LogP contribution in [0.2, 0.25) is 0 Å². The summed E-state index contributed by atoms with van der Waals surface area (Å²) in [5, 5.41) is 5.63. The molecule has 154 valence electrons. The number of carbonyl (C=O) groups excluding carboxylic acids is 2. The normalized spacial score (nSPS) is 11.2. The van der Waals surface area contributed by atoms with Gasteiger partial charge in [0.15, 0.2) is 0 Å².